The van der Waals surface area contributed by atoms with Gasteiger partial charge in [-0.05, 0) is 12.8 Å². The van der Waals surface area contributed by atoms with E-state index in [1.54, 1.807) is 6.07 Å². The normalized spacial score (nSPS) is 16.6. The highest BCUT2D eigenvalue weighted by atomic mass is 16.5. The van der Waals surface area contributed by atoms with E-state index in [4.69, 9.17) is 4.74 Å². The minimum absolute atomic E-state index is 0.103. The molecule has 0 amide bonds. The van der Waals surface area contributed by atoms with Gasteiger partial charge in [0.2, 0.25) is 0 Å². The SMILES string of the molecule is O=C(OCc1ccon1)C1CCC1. The summed E-state index contributed by atoms with van der Waals surface area (Å²) in [6.45, 7) is 0.228. The predicted octanol–water partition coefficient (Wildman–Crippen LogP) is 1.52. The Morgan fingerprint density at radius 2 is 2.54 bits per heavy atom. The van der Waals surface area contributed by atoms with Crippen molar-refractivity contribution in [2.24, 2.45) is 5.92 Å². The highest BCUT2D eigenvalue weighted by Gasteiger charge is 2.26. The topological polar surface area (TPSA) is 52.3 Å². The summed E-state index contributed by atoms with van der Waals surface area (Å²) in [6.07, 6.45) is 4.55. The lowest BCUT2D eigenvalue weighted by Gasteiger charge is -2.22. The van der Waals surface area contributed by atoms with Crippen LogP contribution < -0.4 is 0 Å². The fraction of sp³-hybridized carbons (Fsp3) is 0.556. The summed E-state index contributed by atoms with van der Waals surface area (Å²) < 4.78 is 9.64. The van der Waals surface area contributed by atoms with Crippen molar-refractivity contribution >= 4 is 5.97 Å². The second kappa shape index (κ2) is 3.60. The number of aromatic nitrogens is 1. The maximum absolute atomic E-state index is 11.2. The van der Waals surface area contributed by atoms with E-state index in [9.17, 15) is 4.79 Å². The van der Waals surface area contributed by atoms with Crippen LogP contribution in [0.4, 0.5) is 0 Å². The molecule has 0 radical (unpaired) electrons. The lowest BCUT2D eigenvalue weighted by molar-refractivity contribution is -0.152. The third kappa shape index (κ3) is 1.88. The zero-order valence-corrected chi connectivity index (χ0v) is 7.23. The van der Waals surface area contributed by atoms with Gasteiger partial charge in [-0.1, -0.05) is 11.6 Å². The van der Waals surface area contributed by atoms with Crippen molar-refractivity contribution in [1.29, 1.82) is 0 Å². The van der Waals surface area contributed by atoms with E-state index in [1.807, 2.05) is 0 Å². The molecule has 4 heteroatoms. The van der Waals surface area contributed by atoms with Gasteiger partial charge in [-0.25, -0.2) is 0 Å². The molecule has 2 rings (SSSR count). The van der Waals surface area contributed by atoms with Crippen molar-refractivity contribution < 1.29 is 14.1 Å². The fourth-order valence-electron chi connectivity index (χ4n) is 1.22. The fourth-order valence-corrected chi connectivity index (χ4v) is 1.22. The molecule has 0 spiro atoms. The molecule has 1 heterocycles. The van der Waals surface area contributed by atoms with Crippen LogP contribution in [0.3, 0.4) is 0 Å². The molecule has 1 aromatic rings. The Hall–Kier alpha value is -1.32. The van der Waals surface area contributed by atoms with Gasteiger partial charge in [0.15, 0.2) is 0 Å². The van der Waals surface area contributed by atoms with Crippen molar-refractivity contribution in [3.05, 3.63) is 18.0 Å². The van der Waals surface area contributed by atoms with Crippen LogP contribution in [0.15, 0.2) is 16.9 Å². The number of hydrogen-bond donors (Lipinski definition) is 0. The number of ether oxygens (including phenoxy) is 1. The highest BCUT2D eigenvalue weighted by Crippen LogP contribution is 2.27. The minimum Gasteiger partial charge on any atom is -0.459 e. The van der Waals surface area contributed by atoms with E-state index in [0.29, 0.717) is 5.69 Å². The first-order valence-corrected chi connectivity index (χ1v) is 4.42. The largest absolute Gasteiger partial charge is 0.459 e. The number of hydrogen-bond acceptors (Lipinski definition) is 4. The molecular weight excluding hydrogens is 170 g/mol. The standard InChI is InChI=1S/C9H11NO3/c11-9(7-2-1-3-7)12-6-8-4-5-13-10-8/h4-5,7H,1-3,6H2. The molecule has 0 atom stereocenters. The van der Waals surface area contributed by atoms with Gasteiger partial charge >= 0.3 is 5.97 Å². The van der Waals surface area contributed by atoms with Gasteiger partial charge in [0.25, 0.3) is 0 Å². The smallest absolute Gasteiger partial charge is 0.309 e. The van der Waals surface area contributed by atoms with E-state index in [0.717, 1.165) is 19.3 Å². The Bertz CT molecular complexity index is 277. The van der Waals surface area contributed by atoms with Gasteiger partial charge in [0, 0.05) is 6.07 Å². The van der Waals surface area contributed by atoms with Crippen molar-refractivity contribution in [1.82, 2.24) is 5.16 Å². The molecule has 70 valence electrons. The lowest BCUT2D eigenvalue weighted by Crippen LogP contribution is -2.23. The molecule has 0 saturated heterocycles. The van der Waals surface area contributed by atoms with E-state index < -0.39 is 0 Å². The quantitative estimate of drug-likeness (QED) is 0.663. The van der Waals surface area contributed by atoms with Crippen molar-refractivity contribution in [2.45, 2.75) is 25.9 Å². The highest BCUT2D eigenvalue weighted by molar-refractivity contribution is 5.73. The first kappa shape index (κ1) is 8.29. The summed E-state index contributed by atoms with van der Waals surface area (Å²) in [5.41, 5.74) is 0.660. The molecule has 1 aliphatic carbocycles. The Morgan fingerprint density at radius 3 is 3.08 bits per heavy atom. The lowest BCUT2D eigenvalue weighted by atomic mass is 9.86. The van der Waals surface area contributed by atoms with E-state index in [-0.39, 0.29) is 18.5 Å². The molecule has 0 aliphatic heterocycles. The van der Waals surface area contributed by atoms with Gasteiger partial charge in [-0.3, -0.25) is 4.79 Å². The van der Waals surface area contributed by atoms with Crippen LogP contribution in [-0.2, 0) is 16.1 Å². The second-order valence-electron chi connectivity index (χ2n) is 3.23. The second-order valence-corrected chi connectivity index (χ2v) is 3.23. The zero-order valence-electron chi connectivity index (χ0n) is 7.23. The third-order valence-electron chi connectivity index (χ3n) is 2.29. The van der Waals surface area contributed by atoms with Crippen LogP contribution in [-0.4, -0.2) is 11.1 Å². The summed E-state index contributed by atoms with van der Waals surface area (Å²) in [5.74, 6) is 0.0288. The summed E-state index contributed by atoms with van der Waals surface area (Å²) in [5, 5.41) is 3.64. The third-order valence-corrected chi connectivity index (χ3v) is 2.29. The average Bonchev–Trinajstić information content (AvgIpc) is 2.49. The number of carbonyl (C=O) groups is 1. The van der Waals surface area contributed by atoms with E-state index in [1.165, 1.54) is 6.26 Å². The molecule has 1 fully saturated rings. The summed E-state index contributed by atoms with van der Waals surface area (Å²) in [7, 11) is 0. The van der Waals surface area contributed by atoms with Crippen LogP contribution >= 0.6 is 0 Å². The van der Waals surface area contributed by atoms with Crippen molar-refractivity contribution in [3.8, 4) is 0 Å². The first-order valence-electron chi connectivity index (χ1n) is 4.42. The van der Waals surface area contributed by atoms with Crippen LogP contribution in [0.1, 0.15) is 25.0 Å². The average molecular weight is 181 g/mol. The molecule has 1 aliphatic rings. The van der Waals surface area contributed by atoms with Gasteiger partial charge in [-0.2, -0.15) is 0 Å². The Labute approximate surface area is 75.9 Å². The van der Waals surface area contributed by atoms with Crippen molar-refractivity contribution in [3.63, 3.8) is 0 Å². The van der Waals surface area contributed by atoms with Crippen LogP contribution in [0.2, 0.25) is 0 Å². The summed E-state index contributed by atoms with van der Waals surface area (Å²) in [6, 6.07) is 1.69. The van der Waals surface area contributed by atoms with Crippen LogP contribution in [0.25, 0.3) is 0 Å². The molecule has 1 aromatic heterocycles. The molecule has 4 nitrogen and oxygen atoms in total. The Morgan fingerprint density at radius 1 is 1.69 bits per heavy atom. The van der Waals surface area contributed by atoms with Gasteiger partial charge in [0.05, 0.1) is 5.92 Å². The number of nitrogens with zero attached hydrogens (tertiary/aromatic N) is 1. The van der Waals surface area contributed by atoms with Crippen LogP contribution in [0, 0.1) is 5.92 Å². The first-order chi connectivity index (χ1) is 6.36. The number of rotatable bonds is 3. The molecule has 13 heavy (non-hydrogen) atoms. The molecule has 1 saturated carbocycles. The predicted molar refractivity (Wildman–Crippen MR) is 43.6 cm³/mol. The molecular formula is C9H11NO3. The van der Waals surface area contributed by atoms with E-state index in [2.05, 4.69) is 9.68 Å². The summed E-state index contributed by atoms with van der Waals surface area (Å²) >= 11 is 0. The Kier molecular flexibility index (Phi) is 2.29. The van der Waals surface area contributed by atoms with E-state index >= 15 is 0 Å². The maximum atomic E-state index is 11.2. The molecule has 0 bridgehead atoms. The van der Waals surface area contributed by atoms with Gasteiger partial charge in [0.1, 0.15) is 18.6 Å². The van der Waals surface area contributed by atoms with Gasteiger partial charge < -0.3 is 9.26 Å². The maximum Gasteiger partial charge on any atom is 0.309 e. The molecule has 0 unspecified atom stereocenters. The number of carbonyl (C=O) groups excluding carboxylic acids is 1. The Balaban J connectivity index is 1.76. The molecule has 0 N–H and O–H groups in total. The minimum atomic E-state index is -0.103. The number of esters is 1. The zero-order chi connectivity index (χ0) is 9.10. The van der Waals surface area contributed by atoms with Gasteiger partial charge in [-0.15, -0.1) is 0 Å². The monoisotopic (exact) mass is 181 g/mol. The van der Waals surface area contributed by atoms with Crippen molar-refractivity contribution in [2.75, 3.05) is 0 Å². The van der Waals surface area contributed by atoms with Crippen LogP contribution in [0.5, 0.6) is 0 Å². The summed E-state index contributed by atoms with van der Waals surface area (Å²) in [4.78, 5) is 11.2. The molecule has 0 aromatic carbocycles.